The molecular formula is C13H21N5. The summed E-state index contributed by atoms with van der Waals surface area (Å²) in [6.07, 6.45) is 3.27. The molecule has 0 N–H and O–H groups in total. The summed E-state index contributed by atoms with van der Waals surface area (Å²) in [5.41, 5.74) is 1.05. The predicted octanol–water partition coefficient (Wildman–Crippen LogP) is 2.54. The van der Waals surface area contributed by atoms with Crippen molar-refractivity contribution in [3.05, 3.63) is 36.2 Å². The molecule has 0 aliphatic rings. The Labute approximate surface area is 108 Å². The van der Waals surface area contributed by atoms with Crippen LogP contribution >= 0.6 is 0 Å². The number of nitrogens with zero attached hydrogens (tertiary/aromatic N) is 5. The Hall–Kier alpha value is -1.78. The smallest absolute Gasteiger partial charge is 0.138 e. The number of hydrogen-bond donors (Lipinski definition) is 0. The molecule has 5 nitrogen and oxygen atoms in total. The molecule has 2 aromatic heterocycles. The average Bonchev–Trinajstić information content (AvgIpc) is 2.77. The van der Waals surface area contributed by atoms with Crippen molar-refractivity contribution in [3.8, 4) is 0 Å². The molecule has 0 unspecified atom stereocenters. The Morgan fingerprint density at radius 2 is 1.83 bits per heavy atom. The first-order chi connectivity index (χ1) is 8.52. The second-order valence-electron chi connectivity index (χ2n) is 4.70. The van der Waals surface area contributed by atoms with Crippen LogP contribution in [0.15, 0.2) is 24.7 Å². The van der Waals surface area contributed by atoms with Gasteiger partial charge in [0.15, 0.2) is 0 Å². The van der Waals surface area contributed by atoms with Crippen LogP contribution in [0, 0.1) is 0 Å². The van der Waals surface area contributed by atoms with Gasteiger partial charge in [-0.15, -0.1) is 0 Å². The van der Waals surface area contributed by atoms with Gasteiger partial charge in [0.25, 0.3) is 0 Å². The fourth-order valence-corrected chi connectivity index (χ4v) is 1.45. The van der Waals surface area contributed by atoms with E-state index in [0.29, 0.717) is 11.8 Å². The SMILES string of the molecule is CC(C)c1cccnn1.CC(C)c1ncnn1C. The van der Waals surface area contributed by atoms with Crippen LogP contribution in [0.3, 0.4) is 0 Å². The van der Waals surface area contributed by atoms with Crippen molar-refractivity contribution in [1.82, 2.24) is 25.0 Å². The highest BCUT2D eigenvalue weighted by molar-refractivity contribution is 5.03. The molecule has 2 rings (SSSR count). The van der Waals surface area contributed by atoms with Crippen molar-refractivity contribution in [2.45, 2.75) is 39.5 Å². The van der Waals surface area contributed by atoms with Crippen LogP contribution in [0.5, 0.6) is 0 Å². The number of aromatic nitrogens is 5. The van der Waals surface area contributed by atoms with Crippen LogP contribution in [-0.2, 0) is 7.05 Å². The highest BCUT2D eigenvalue weighted by Gasteiger charge is 2.03. The highest BCUT2D eigenvalue weighted by Crippen LogP contribution is 2.07. The third kappa shape index (κ3) is 4.24. The van der Waals surface area contributed by atoms with Crippen molar-refractivity contribution in [3.63, 3.8) is 0 Å². The maximum Gasteiger partial charge on any atom is 0.138 e. The van der Waals surface area contributed by atoms with Gasteiger partial charge < -0.3 is 0 Å². The van der Waals surface area contributed by atoms with E-state index < -0.39 is 0 Å². The molecule has 0 amide bonds. The molecule has 0 aliphatic carbocycles. The maximum absolute atomic E-state index is 4.07. The van der Waals surface area contributed by atoms with E-state index in [-0.39, 0.29) is 0 Å². The second kappa shape index (κ2) is 6.83. The lowest BCUT2D eigenvalue weighted by Gasteiger charge is -2.00. The molecule has 5 heteroatoms. The van der Waals surface area contributed by atoms with E-state index >= 15 is 0 Å². The summed E-state index contributed by atoms with van der Waals surface area (Å²) in [6.45, 7) is 8.40. The summed E-state index contributed by atoms with van der Waals surface area (Å²) in [6, 6.07) is 3.89. The van der Waals surface area contributed by atoms with Crippen LogP contribution in [0.4, 0.5) is 0 Å². The van der Waals surface area contributed by atoms with Crippen LogP contribution in [0.2, 0.25) is 0 Å². The minimum absolute atomic E-state index is 0.470. The fraction of sp³-hybridized carbons (Fsp3) is 0.538. The Bertz CT molecular complexity index is 447. The zero-order valence-corrected chi connectivity index (χ0v) is 11.7. The molecule has 0 fully saturated rings. The Morgan fingerprint density at radius 3 is 2.11 bits per heavy atom. The molecule has 0 aliphatic heterocycles. The fourth-order valence-electron chi connectivity index (χ4n) is 1.45. The van der Waals surface area contributed by atoms with Gasteiger partial charge in [-0.25, -0.2) is 4.98 Å². The molecular weight excluding hydrogens is 226 g/mol. The Morgan fingerprint density at radius 1 is 1.11 bits per heavy atom. The van der Waals surface area contributed by atoms with Gasteiger partial charge >= 0.3 is 0 Å². The third-order valence-corrected chi connectivity index (χ3v) is 2.45. The van der Waals surface area contributed by atoms with E-state index in [1.165, 1.54) is 0 Å². The molecule has 0 aromatic carbocycles. The topological polar surface area (TPSA) is 56.5 Å². The quantitative estimate of drug-likeness (QED) is 0.818. The standard InChI is InChI=1S/C7H10N2.C6H11N3/c1-6(2)7-4-3-5-8-9-7;1-5(2)6-7-4-8-9(6)3/h3-6H,1-2H3;4-5H,1-3H3. The summed E-state index contributed by atoms with van der Waals surface area (Å²) < 4.78 is 1.80. The number of aryl methyl sites for hydroxylation is 1. The van der Waals surface area contributed by atoms with Crippen molar-refractivity contribution >= 4 is 0 Å². The first-order valence-electron chi connectivity index (χ1n) is 6.13. The normalized spacial score (nSPS) is 10.4. The zero-order valence-electron chi connectivity index (χ0n) is 11.7. The average molecular weight is 247 g/mol. The van der Waals surface area contributed by atoms with Gasteiger partial charge in [0, 0.05) is 19.2 Å². The largest absolute Gasteiger partial charge is 0.253 e. The molecule has 0 radical (unpaired) electrons. The lowest BCUT2D eigenvalue weighted by atomic mass is 10.1. The first kappa shape index (κ1) is 14.3. The van der Waals surface area contributed by atoms with E-state index in [2.05, 4.69) is 48.0 Å². The molecule has 0 saturated carbocycles. The summed E-state index contributed by atoms with van der Waals surface area (Å²) in [5, 5.41) is 11.6. The van der Waals surface area contributed by atoms with E-state index in [9.17, 15) is 0 Å². The van der Waals surface area contributed by atoms with E-state index in [1.807, 2.05) is 19.2 Å². The molecule has 0 bridgehead atoms. The van der Waals surface area contributed by atoms with Crippen LogP contribution in [0.25, 0.3) is 0 Å². The molecule has 0 atom stereocenters. The monoisotopic (exact) mass is 247 g/mol. The molecule has 0 spiro atoms. The highest BCUT2D eigenvalue weighted by atomic mass is 15.3. The van der Waals surface area contributed by atoms with Crippen LogP contribution < -0.4 is 0 Å². The van der Waals surface area contributed by atoms with Crippen molar-refractivity contribution in [2.75, 3.05) is 0 Å². The zero-order chi connectivity index (χ0) is 13.5. The van der Waals surface area contributed by atoms with Crippen LogP contribution in [0.1, 0.15) is 51.0 Å². The van der Waals surface area contributed by atoms with E-state index in [1.54, 1.807) is 17.2 Å². The molecule has 98 valence electrons. The summed E-state index contributed by atoms with van der Waals surface area (Å²) >= 11 is 0. The lowest BCUT2D eigenvalue weighted by molar-refractivity contribution is 0.655. The van der Waals surface area contributed by atoms with Gasteiger partial charge in [0.2, 0.25) is 0 Å². The van der Waals surface area contributed by atoms with Crippen molar-refractivity contribution in [2.24, 2.45) is 7.05 Å². The third-order valence-electron chi connectivity index (χ3n) is 2.45. The summed E-state index contributed by atoms with van der Waals surface area (Å²) in [4.78, 5) is 4.07. The number of rotatable bonds is 2. The van der Waals surface area contributed by atoms with Gasteiger partial charge in [0.1, 0.15) is 12.2 Å². The van der Waals surface area contributed by atoms with Crippen molar-refractivity contribution in [1.29, 1.82) is 0 Å². The summed E-state index contributed by atoms with van der Waals surface area (Å²) in [7, 11) is 1.91. The maximum atomic E-state index is 4.07. The van der Waals surface area contributed by atoms with Gasteiger partial charge in [-0.05, 0) is 18.1 Å². The predicted molar refractivity (Wildman–Crippen MR) is 71.2 cm³/mol. The lowest BCUT2D eigenvalue weighted by Crippen LogP contribution is -2.00. The molecule has 2 heterocycles. The first-order valence-corrected chi connectivity index (χ1v) is 6.13. The molecule has 2 aromatic rings. The van der Waals surface area contributed by atoms with Crippen molar-refractivity contribution < 1.29 is 0 Å². The molecule has 18 heavy (non-hydrogen) atoms. The Kier molecular flexibility index (Phi) is 5.42. The van der Waals surface area contributed by atoms with E-state index in [0.717, 1.165) is 11.5 Å². The minimum Gasteiger partial charge on any atom is -0.253 e. The second-order valence-corrected chi connectivity index (χ2v) is 4.70. The van der Waals surface area contributed by atoms with E-state index in [4.69, 9.17) is 0 Å². The summed E-state index contributed by atoms with van der Waals surface area (Å²) in [5.74, 6) is 1.99. The van der Waals surface area contributed by atoms with Gasteiger partial charge in [-0.2, -0.15) is 15.3 Å². The van der Waals surface area contributed by atoms with Gasteiger partial charge in [-0.3, -0.25) is 4.68 Å². The molecule has 0 saturated heterocycles. The number of hydrogen-bond acceptors (Lipinski definition) is 4. The van der Waals surface area contributed by atoms with Crippen LogP contribution in [-0.4, -0.2) is 25.0 Å². The minimum atomic E-state index is 0.470. The van der Waals surface area contributed by atoms with Gasteiger partial charge in [-0.1, -0.05) is 27.7 Å². The Balaban J connectivity index is 0.000000180. The van der Waals surface area contributed by atoms with Gasteiger partial charge in [0.05, 0.1) is 5.69 Å².